The molecular formula is C26H32N4O4S. The fourth-order valence-electron chi connectivity index (χ4n) is 4.16. The van der Waals surface area contributed by atoms with E-state index in [0.717, 1.165) is 35.1 Å². The Hall–Kier alpha value is -3.16. The first kappa shape index (κ1) is 26.4. The molecule has 0 aliphatic carbocycles. The van der Waals surface area contributed by atoms with Gasteiger partial charge < -0.3 is 19.7 Å². The molecular weight excluding hydrogens is 464 g/mol. The monoisotopic (exact) mass is 496 g/mol. The number of fused-ring (bicyclic) bond motifs is 1. The second-order valence-electron chi connectivity index (χ2n) is 8.34. The van der Waals surface area contributed by atoms with E-state index in [-0.39, 0.29) is 12.1 Å². The number of nitrogens with zero attached hydrogens (tertiary/aromatic N) is 3. The van der Waals surface area contributed by atoms with Crippen molar-refractivity contribution in [2.24, 2.45) is 7.05 Å². The van der Waals surface area contributed by atoms with Gasteiger partial charge in [0.25, 0.3) is 10.0 Å². The summed E-state index contributed by atoms with van der Waals surface area (Å²) in [6.45, 7) is 6.76. The predicted molar refractivity (Wildman–Crippen MR) is 140 cm³/mol. The zero-order chi connectivity index (χ0) is 25.8. The lowest BCUT2D eigenvalue weighted by Crippen LogP contribution is -2.34. The third-order valence-corrected chi connectivity index (χ3v) is 7.67. The van der Waals surface area contributed by atoms with Crippen LogP contribution < -0.4 is 9.62 Å². The fourth-order valence-corrected chi connectivity index (χ4v) is 5.34. The van der Waals surface area contributed by atoms with Gasteiger partial charge in [0.2, 0.25) is 0 Å². The summed E-state index contributed by atoms with van der Waals surface area (Å²) < 4.78 is 29.3. The SMILES string of the molecule is CCN(CC)c1ccc2cc(-c3ccc(/C(C)=C(\C#N)S(=O)(=O)NCC(O)CO)n3C)ccc2c1. The first-order valence-electron chi connectivity index (χ1n) is 11.5. The lowest BCUT2D eigenvalue weighted by molar-refractivity contribution is 0.0989. The Morgan fingerprint density at radius 1 is 1.11 bits per heavy atom. The number of benzene rings is 2. The Morgan fingerprint density at radius 3 is 2.40 bits per heavy atom. The van der Waals surface area contributed by atoms with E-state index in [1.165, 1.54) is 5.69 Å². The molecule has 1 atom stereocenters. The number of rotatable bonds is 10. The number of aliphatic hydroxyl groups excluding tert-OH is 2. The van der Waals surface area contributed by atoms with Crippen molar-refractivity contribution in [1.29, 1.82) is 5.26 Å². The van der Waals surface area contributed by atoms with Gasteiger partial charge in [0, 0.05) is 49.3 Å². The minimum Gasteiger partial charge on any atom is -0.394 e. The van der Waals surface area contributed by atoms with Gasteiger partial charge >= 0.3 is 0 Å². The molecule has 0 spiro atoms. The van der Waals surface area contributed by atoms with E-state index in [1.807, 2.05) is 23.7 Å². The quantitative estimate of drug-likeness (QED) is 0.371. The van der Waals surface area contributed by atoms with Crippen LogP contribution in [0.5, 0.6) is 0 Å². The van der Waals surface area contributed by atoms with Crippen molar-refractivity contribution < 1.29 is 18.6 Å². The van der Waals surface area contributed by atoms with E-state index in [0.29, 0.717) is 5.69 Å². The van der Waals surface area contributed by atoms with Crippen molar-refractivity contribution in [2.75, 3.05) is 31.1 Å². The van der Waals surface area contributed by atoms with Crippen molar-refractivity contribution in [1.82, 2.24) is 9.29 Å². The average Bonchev–Trinajstić information content (AvgIpc) is 3.24. The number of allylic oxidation sites excluding steroid dienone is 2. The molecule has 0 aliphatic heterocycles. The van der Waals surface area contributed by atoms with Crippen LogP contribution >= 0.6 is 0 Å². The highest BCUT2D eigenvalue weighted by Crippen LogP contribution is 2.31. The third kappa shape index (κ3) is 5.57. The van der Waals surface area contributed by atoms with Crippen molar-refractivity contribution in [2.45, 2.75) is 26.9 Å². The largest absolute Gasteiger partial charge is 0.394 e. The summed E-state index contributed by atoms with van der Waals surface area (Å²) in [6.07, 6.45) is -1.25. The van der Waals surface area contributed by atoms with Gasteiger partial charge in [-0.2, -0.15) is 5.26 Å². The van der Waals surface area contributed by atoms with Crippen LogP contribution in [0.1, 0.15) is 26.5 Å². The lowest BCUT2D eigenvalue weighted by atomic mass is 10.0. The normalized spacial score (nSPS) is 13.4. The molecule has 9 heteroatoms. The van der Waals surface area contributed by atoms with Gasteiger partial charge in [0.15, 0.2) is 4.91 Å². The summed E-state index contributed by atoms with van der Waals surface area (Å²) in [5.41, 5.74) is 3.91. The van der Waals surface area contributed by atoms with Crippen molar-refractivity contribution in [3.05, 3.63) is 59.1 Å². The number of nitrogens with one attached hydrogen (secondary N) is 1. The molecule has 0 aliphatic rings. The molecule has 35 heavy (non-hydrogen) atoms. The van der Waals surface area contributed by atoms with Crippen molar-refractivity contribution >= 4 is 32.1 Å². The van der Waals surface area contributed by atoms with Gasteiger partial charge in [-0.1, -0.05) is 18.2 Å². The van der Waals surface area contributed by atoms with E-state index in [1.54, 1.807) is 19.1 Å². The van der Waals surface area contributed by atoms with E-state index in [9.17, 15) is 18.8 Å². The summed E-state index contributed by atoms with van der Waals surface area (Å²) in [7, 11) is -2.34. The second kappa shape index (κ2) is 11.1. The molecule has 3 rings (SSSR count). The molecule has 3 N–H and O–H groups in total. The van der Waals surface area contributed by atoms with E-state index < -0.39 is 27.6 Å². The first-order valence-corrected chi connectivity index (χ1v) is 13.0. The highest BCUT2D eigenvalue weighted by atomic mass is 32.2. The Labute approximate surface area is 206 Å². The third-order valence-electron chi connectivity index (χ3n) is 6.18. The smallest absolute Gasteiger partial charge is 0.251 e. The molecule has 2 aromatic carbocycles. The summed E-state index contributed by atoms with van der Waals surface area (Å²) in [6, 6.07) is 18.1. The van der Waals surface area contributed by atoms with Crippen LogP contribution in [0.3, 0.4) is 0 Å². The maximum absolute atomic E-state index is 12.7. The van der Waals surface area contributed by atoms with Crippen LogP contribution in [0.4, 0.5) is 5.69 Å². The molecule has 0 saturated carbocycles. The molecule has 8 nitrogen and oxygen atoms in total. The maximum Gasteiger partial charge on any atom is 0.251 e. The summed E-state index contributed by atoms with van der Waals surface area (Å²) in [4.78, 5) is 1.87. The summed E-state index contributed by atoms with van der Waals surface area (Å²) in [5, 5.41) is 30.2. The van der Waals surface area contributed by atoms with Gasteiger partial charge in [0.05, 0.1) is 12.7 Å². The predicted octanol–water partition coefficient (Wildman–Crippen LogP) is 3.22. The zero-order valence-corrected chi connectivity index (χ0v) is 21.3. The molecule has 0 bridgehead atoms. The number of nitriles is 1. The van der Waals surface area contributed by atoms with E-state index in [2.05, 4.69) is 53.8 Å². The number of sulfonamides is 1. The van der Waals surface area contributed by atoms with Crippen LogP contribution in [0.15, 0.2) is 53.4 Å². The molecule has 0 fully saturated rings. The van der Waals surface area contributed by atoms with E-state index >= 15 is 0 Å². The Balaban J connectivity index is 1.98. The summed E-state index contributed by atoms with van der Waals surface area (Å²) in [5.74, 6) is 0. The van der Waals surface area contributed by atoms with Gasteiger partial charge in [-0.25, -0.2) is 13.1 Å². The standard InChI is InChI=1S/C26H32N4O4S/c1-5-30(6-2)22-10-9-19-13-21(8-7-20(19)14-22)25-12-11-24(29(25)4)18(3)26(15-27)35(33,34)28-16-23(32)17-31/h7-14,23,28,31-32H,5-6,16-17H2,1-4H3/b26-18+. The molecule has 3 aromatic rings. The Bertz CT molecular complexity index is 1380. The minimum atomic E-state index is -4.16. The highest BCUT2D eigenvalue weighted by Gasteiger charge is 2.23. The van der Waals surface area contributed by atoms with Crippen LogP contribution in [0, 0.1) is 11.3 Å². The van der Waals surface area contributed by atoms with Crippen molar-refractivity contribution in [3.8, 4) is 17.3 Å². The molecule has 0 saturated heterocycles. The average molecular weight is 497 g/mol. The topological polar surface area (TPSA) is 119 Å². The first-order chi connectivity index (χ1) is 16.7. The number of aromatic nitrogens is 1. The van der Waals surface area contributed by atoms with Gasteiger partial charge in [-0.05, 0) is 67.4 Å². The second-order valence-corrected chi connectivity index (χ2v) is 10.0. The number of hydrogen-bond donors (Lipinski definition) is 3. The molecule has 0 amide bonds. The molecule has 186 valence electrons. The summed E-state index contributed by atoms with van der Waals surface area (Å²) >= 11 is 0. The molecule has 1 heterocycles. The minimum absolute atomic E-state index is 0.289. The lowest BCUT2D eigenvalue weighted by Gasteiger charge is -2.21. The molecule has 0 radical (unpaired) electrons. The van der Waals surface area contributed by atoms with Crippen LogP contribution in [0.25, 0.3) is 27.6 Å². The fraction of sp³-hybridized carbons (Fsp3) is 0.346. The maximum atomic E-state index is 12.7. The van der Waals surface area contributed by atoms with Crippen LogP contribution in [-0.4, -0.2) is 55.5 Å². The zero-order valence-electron chi connectivity index (χ0n) is 20.5. The highest BCUT2D eigenvalue weighted by molar-refractivity contribution is 7.93. The molecule has 1 aromatic heterocycles. The van der Waals surface area contributed by atoms with Gasteiger partial charge in [0.1, 0.15) is 6.07 Å². The van der Waals surface area contributed by atoms with Crippen LogP contribution in [-0.2, 0) is 17.1 Å². The van der Waals surface area contributed by atoms with Gasteiger partial charge in [-0.15, -0.1) is 0 Å². The van der Waals surface area contributed by atoms with E-state index in [4.69, 9.17) is 5.11 Å². The van der Waals surface area contributed by atoms with Crippen molar-refractivity contribution in [3.63, 3.8) is 0 Å². The molecule has 1 unspecified atom stereocenters. The number of anilines is 1. The Kier molecular flexibility index (Phi) is 8.35. The van der Waals surface area contributed by atoms with Crippen LogP contribution in [0.2, 0.25) is 0 Å². The Morgan fingerprint density at radius 2 is 1.77 bits per heavy atom. The number of aliphatic hydroxyl groups is 2. The number of hydrogen-bond acceptors (Lipinski definition) is 6. The van der Waals surface area contributed by atoms with Gasteiger partial charge in [-0.3, -0.25) is 0 Å².